The maximum Gasteiger partial charge on any atom is 0.125 e. The molecule has 0 aliphatic rings. The minimum Gasteiger partial charge on any atom is -0.507 e. The van der Waals surface area contributed by atoms with Crippen molar-refractivity contribution in [2.24, 2.45) is 5.16 Å². The molecular weight excluding hydrogens is 178 g/mol. The Kier molecular flexibility index (Phi) is 2.79. The van der Waals surface area contributed by atoms with Gasteiger partial charge in [-0.2, -0.15) is 0 Å². The fraction of sp³-hybridized carbons (Fsp3) is 0.364. The van der Waals surface area contributed by atoms with Crippen molar-refractivity contribution in [2.45, 2.75) is 27.7 Å². The predicted octanol–water partition coefficient (Wildman–Crippen LogP) is 2.52. The van der Waals surface area contributed by atoms with Gasteiger partial charge in [-0.15, -0.1) is 0 Å². The summed E-state index contributed by atoms with van der Waals surface area (Å²) in [5.41, 5.74) is 4.16. The Morgan fingerprint density at radius 3 is 2.29 bits per heavy atom. The Hall–Kier alpha value is -1.51. The van der Waals surface area contributed by atoms with Gasteiger partial charge >= 0.3 is 0 Å². The van der Waals surface area contributed by atoms with Crippen LogP contribution in [0.15, 0.2) is 11.2 Å². The summed E-state index contributed by atoms with van der Waals surface area (Å²) >= 11 is 0. The zero-order valence-corrected chi connectivity index (χ0v) is 8.92. The lowest BCUT2D eigenvalue weighted by atomic mass is 9.95. The van der Waals surface area contributed by atoms with Gasteiger partial charge in [0.25, 0.3) is 0 Å². The minimum absolute atomic E-state index is 0.168. The van der Waals surface area contributed by atoms with Crippen LogP contribution in [0.1, 0.15) is 29.2 Å². The van der Waals surface area contributed by atoms with Crippen molar-refractivity contribution in [2.75, 3.05) is 0 Å². The van der Waals surface area contributed by atoms with Gasteiger partial charge in [-0.05, 0) is 50.5 Å². The van der Waals surface area contributed by atoms with Crippen LogP contribution in [-0.2, 0) is 0 Å². The fourth-order valence-corrected chi connectivity index (χ4v) is 1.57. The quantitative estimate of drug-likeness (QED) is 0.409. The third-order valence-electron chi connectivity index (χ3n) is 2.65. The molecule has 3 heteroatoms. The summed E-state index contributed by atoms with van der Waals surface area (Å²) in [7, 11) is 0. The van der Waals surface area contributed by atoms with Crippen LogP contribution < -0.4 is 0 Å². The van der Waals surface area contributed by atoms with Crippen molar-refractivity contribution in [1.29, 1.82) is 0 Å². The van der Waals surface area contributed by atoms with E-state index in [1.54, 1.807) is 13.0 Å². The van der Waals surface area contributed by atoms with Gasteiger partial charge in [-0.25, -0.2) is 0 Å². The molecule has 0 amide bonds. The summed E-state index contributed by atoms with van der Waals surface area (Å²) in [5.74, 6) is 0.168. The SMILES string of the molecule is C/C(=N\O)c1c(O)cc(C)c(C)c1C. The van der Waals surface area contributed by atoms with Crippen LogP contribution >= 0.6 is 0 Å². The second-order valence-corrected chi connectivity index (χ2v) is 3.52. The maximum absolute atomic E-state index is 9.71. The first-order chi connectivity index (χ1) is 6.49. The molecular formula is C11H15NO2. The van der Waals surface area contributed by atoms with E-state index in [-0.39, 0.29) is 5.75 Å². The molecule has 0 radical (unpaired) electrons. The zero-order valence-electron chi connectivity index (χ0n) is 8.92. The zero-order chi connectivity index (χ0) is 10.9. The summed E-state index contributed by atoms with van der Waals surface area (Å²) in [5, 5.41) is 21.5. The van der Waals surface area contributed by atoms with E-state index in [1.165, 1.54) is 0 Å². The number of aryl methyl sites for hydroxylation is 1. The fourth-order valence-electron chi connectivity index (χ4n) is 1.57. The lowest BCUT2D eigenvalue weighted by molar-refractivity contribution is 0.318. The first kappa shape index (κ1) is 10.6. The third-order valence-corrected chi connectivity index (χ3v) is 2.65. The molecule has 0 aromatic heterocycles. The number of phenols is 1. The standard InChI is InChI=1S/C11H15NO2/c1-6-5-10(13)11(9(4)12-14)8(3)7(6)2/h5,13-14H,1-4H3/b12-9+. The molecule has 1 aromatic rings. The summed E-state index contributed by atoms with van der Waals surface area (Å²) in [6, 6.07) is 1.69. The van der Waals surface area contributed by atoms with E-state index in [9.17, 15) is 5.11 Å². The van der Waals surface area contributed by atoms with Crippen molar-refractivity contribution >= 4 is 5.71 Å². The molecule has 0 aliphatic carbocycles. The summed E-state index contributed by atoms with van der Waals surface area (Å²) in [6.07, 6.45) is 0. The normalized spacial score (nSPS) is 11.9. The second kappa shape index (κ2) is 3.70. The van der Waals surface area contributed by atoms with Gasteiger partial charge in [-0.1, -0.05) is 5.16 Å². The predicted molar refractivity (Wildman–Crippen MR) is 56.3 cm³/mol. The van der Waals surface area contributed by atoms with Crippen LogP contribution in [0.3, 0.4) is 0 Å². The van der Waals surface area contributed by atoms with Gasteiger partial charge in [0, 0.05) is 5.56 Å². The number of oxime groups is 1. The van der Waals surface area contributed by atoms with Crippen molar-refractivity contribution in [3.05, 3.63) is 28.3 Å². The molecule has 3 nitrogen and oxygen atoms in total. The first-order valence-corrected chi connectivity index (χ1v) is 4.47. The van der Waals surface area contributed by atoms with E-state index in [1.807, 2.05) is 20.8 Å². The smallest absolute Gasteiger partial charge is 0.125 e. The number of hydrogen-bond donors (Lipinski definition) is 2. The van der Waals surface area contributed by atoms with Crippen LogP contribution in [0.4, 0.5) is 0 Å². The topological polar surface area (TPSA) is 52.8 Å². The molecule has 0 aliphatic heterocycles. The molecule has 0 heterocycles. The highest BCUT2D eigenvalue weighted by Gasteiger charge is 2.12. The van der Waals surface area contributed by atoms with Crippen LogP contribution in [0.2, 0.25) is 0 Å². The highest BCUT2D eigenvalue weighted by molar-refractivity contribution is 6.02. The van der Waals surface area contributed by atoms with Gasteiger partial charge in [0.1, 0.15) is 5.75 Å². The van der Waals surface area contributed by atoms with Gasteiger partial charge in [0.2, 0.25) is 0 Å². The molecule has 0 saturated carbocycles. The van der Waals surface area contributed by atoms with Crippen molar-refractivity contribution in [1.82, 2.24) is 0 Å². The summed E-state index contributed by atoms with van der Waals surface area (Å²) in [4.78, 5) is 0. The molecule has 0 fully saturated rings. The molecule has 0 unspecified atom stereocenters. The third kappa shape index (κ3) is 1.58. The molecule has 0 atom stereocenters. The van der Waals surface area contributed by atoms with E-state index in [0.717, 1.165) is 16.7 Å². The highest BCUT2D eigenvalue weighted by atomic mass is 16.4. The van der Waals surface area contributed by atoms with Crippen LogP contribution in [-0.4, -0.2) is 16.0 Å². The Bertz CT molecular complexity index is 395. The molecule has 1 rings (SSSR count). The van der Waals surface area contributed by atoms with Crippen molar-refractivity contribution in [3.8, 4) is 5.75 Å². The van der Waals surface area contributed by atoms with Gasteiger partial charge < -0.3 is 10.3 Å². The van der Waals surface area contributed by atoms with Crippen molar-refractivity contribution < 1.29 is 10.3 Å². The molecule has 0 bridgehead atoms. The van der Waals surface area contributed by atoms with Crippen LogP contribution in [0.25, 0.3) is 0 Å². The van der Waals surface area contributed by atoms with E-state index in [0.29, 0.717) is 11.3 Å². The molecule has 14 heavy (non-hydrogen) atoms. The number of nitrogens with zero attached hydrogens (tertiary/aromatic N) is 1. The summed E-state index contributed by atoms with van der Waals surface area (Å²) in [6.45, 7) is 7.50. The molecule has 76 valence electrons. The average Bonchev–Trinajstić information content (AvgIpc) is 2.14. The number of rotatable bonds is 1. The monoisotopic (exact) mass is 193 g/mol. The second-order valence-electron chi connectivity index (χ2n) is 3.52. The van der Waals surface area contributed by atoms with E-state index >= 15 is 0 Å². The highest BCUT2D eigenvalue weighted by Crippen LogP contribution is 2.27. The van der Waals surface area contributed by atoms with E-state index in [4.69, 9.17) is 5.21 Å². The Balaban J connectivity index is 3.52. The largest absolute Gasteiger partial charge is 0.507 e. The van der Waals surface area contributed by atoms with Gasteiger partial charge in [0.15, 0.2) is 0 Å². The van der Waals surface area contributed by atoms with E-state index < -0.39 is 0 Å². The maximum atomic E-state index is 9.71. The van der Waals surface area contributed by atoms with Crippen molar-refractivity contribution in [3.63, 3.8) is 0 Å². The van der Waals surface area contributed by atoms with E-state index in [2.05, 4.69) is 5.16 Å². The Morgan fingerprint density at radius 1 is 1.21 bits per heavy atom. The molecule has 0 saturated heterocycles. The van der Waals surface area contributed by atoms with Gasteiger partial charge in [0.05, 0.1) is 5.71 Å². The lowest BCUT2D eigenvalue weighted by Gasteiger charge is -2.12. The lowest BCUT2D eigenvalue weighted by Crippen LogP contribution is -2.02. The number of phenolic OH excluding ortho intramolecular Hbond substituents is 1. The number of hydrogen-bond acceptors (Lipinski definition) is 3. The minimum atomic E-state index is 0.168. The summed E-state index contributed by atoms with van der Waals surface area (Å²) < 4.78 is 0. The van der Waals surface area contributed by atoms with Crippen LogP contribution in [0, 0.1) is 20.8 Å². The molecule has 0 spiro atoms. The average molecular weight is 193 g/mol. The molecule has 2 N–H and O–H groups in total. The molecule has 1 aromatic carbocycles. The van der Waals surface area contributed by atoms with Crippen LogP contribution in [0.5, 0.6) is 5.75 Å². The number of aromatic hydroxyl groups is 1. The Labute approximate surface area is 83.7 Å². The first-order valence-electron chi connectivity index (χ1n) is 4.47. The number of benzene rings is 1. The van der Waals surface area contributed by atoms with Gasteiger partial charge in [-0.3, -0.25) is 0 Å². The Morgan fingerprint density at radius 2 is 1.79 bits per heavy atom.